The first-order valence-corrected chi connectivity index (χ1v) is 4.12. The lowest BCUT2D eigenvalue weighted by atomic mass is 10.2. The van der Waals surface area contributed by atoms with Crippen LogP contribution >= 0.6 is 23.2 Å². The third-order valence-corrected chi connectivity index (χ3v) is 1.56. The highest BCUT2D eigenvalue weighted by atomic mass is 35.5. The fraction of sp³-hybridized carbons (Fsp3) is 1.00. The smallest absolute Gasteiger partial charge is 0.128 e. The maximum Gasteiger partial charge on any atom is 0.128 e. The lowest BCUT2D eigenvalue weighted by molar-refractivity contribution is 0.241. The molecule has 0 aromatic carbocycles. The van der Waals surface area contributed by atoms with E-state index in [0.717, 1.165) is 19.3 Å². The molecule has 0 aromatic rings. The standard InChI is InChI=1S/C6H12Cl2O/c7-5-3-1-2-4-6(8)9/h6,9H,1-5H2. The van der Waals surface area contributed by atoms with E-state index in [4.69, 9.17) is 28.3 Å². The number of hydrogen-bond acceptors (Lipinski definition) is 1. The van der Waals surface area contributed by atoms with Crippen LogP contribution in [0, 0.1) is 0 Å². The molecule has 0 aliphatic heterocycles. The molecule has 0 bridgehead atoms. The first-order valence-electron chi connectivity index (χ1n) is 3.15. The van der Waals surface area contributed by atoms with Crippen LogP contribution < -0.4 is 0 Å². The van der Waals surface area contributed by atoms with E-state index in [1.165, 1.54) is 0 Å². The molecule has 0 aliphatic rings. The molecule has 0 aliphatic carbocycles. The molecule has 0 radical (unpaired) electrons. The summed E-state index contributed by atoms with van der Waals surface area (Å²) in [5.74, 6) is 0.707. The molecule has 1 N–H and O–H groups in total. The largest absolute Gasteiger partial charge is 0.378 e. The van der Waals surface area contributed by atoms with Gasteiger partial charge in [-0.25, -0.2) is 0 Å². The summed E-state index contributed by atoms with van der Waals surface area (Å²) in [5, 5.41) is 8.58. The molecule has 0 heterocycles. The first-order chi connectivity index (χ1) is 4.27. The van der Waals surface area contributed by atoms with E-state index in [1.807, 2.05) is 0 Å². The van der Waals surface area contributed by atoms with Gasteiger partial charge in [0.05, 0.1) is 0 Å². The van der Waals surface area contributed by atoms with E-state index in [9.17, 15) is 0 Å². The van der Waals surface area contributed by atoms with Gasteiger partial charge < -0.3 is 5.11 Å². The minimum absolute atomic E-state index is 0.666. The Balaban J connectivity index is 2.75. The predicted octanol–water partition coefficient (Wildman–Crippen LogP) is 2.34. The van der Waals surface area contributed by atoms with Crippen molar-refractivity contribution >= 4 is 23.2 Å². The van der Waals surface area contributed by atoms with Crippen LogP contribution in [0.15, 0.2) is 0 Å². The summed E-state index contributed by atoms with van der Waals surface area (Å²) >= 11 is 10.7. The molecule has 1 unspecified atom stereocenters. The van der Waals surface area contributed by atoms with Gasteiger partial charge in [0.25, 0.3) is 0 Å². The van der Waals surface area contributed by atoms with Crippen LogP contribution in [0.4, 0.5) is 0 Å². The normalized spacial score (nSPS) is 13.7. The summed E-state index contributed by atoms with van der Waals surface area (Å²) in [4.78, 5) is 0. The molecule has 1 atom stereocenters. The lowest BCUT2D eigenvalue weighted by Gasteiger charge is -1.99. The summed E-state index contributed by atoms with van der Waals surface area (Å²) in [7, 11) is 0. The summed E-state index contributed by atoms with van der Waals surface area (Å²) in [6.45, 7) is 0. The Morgan fingerprint density at radius 2 is 1.89 bits per heavy atom. The van der Waals surface area contributed by atoms with Crippen molar-refractivity contribution < 1.29 is 5.11 Å². The van der Waals surface area contributed by atoms with E-state index in [-0.39, 0.29) is 0 Å². The zero-order valence-electron chi connectivity index (χ0n) is 5.32. The van der Waals surface area contributed by atoms with Gasteiger partial charge in [0.2, 0.25) is 0 Å². The fourth-order valence-electron chi connectivity index (χ4n) is 0.584. The molecule has 9 heavy (non-hydrogen) atoms. The van der Waals surface area contributed by atoms with Gasteiger partial charge in [-0.15, -0.1) is 11.6 Å². The van der Waals surface area contributed by atoms with Gasteiger partial charge in [0, 0.05) is 5.88 Å². The third-order valence-electron chi connectivity index (χ3n) is 1.08. The molecule has 56 valence electrons. The molecule has 0 amide bonds. The van der Waals surface area contributed by atoms with Gasteiger partial charge in [-0.1, -0.05) is 18.0 Å². The molecular formula is C6H12Cl2O. The van der Waals surface area contributed by atoms with Crippen molar-refractivity contribution in [2.24, 2.45) is 0 Å². The molecule has 1 nitrogen and oxygen atoms in total. The molecule has 0 saturated heterocycles. The average molecular weight is 171 g/mol. The van der Waals surface area contributed by atoms with Crippen molar-refractivity contribution in [1.82, 2.24) is 0 Å². The van der Waals surface area contributed by atoms with Crippen molar-refractivity contribution in [3.63, 3.8) is 0 Å². The zero-order valence-corrected chi connectivity index (χ0v) is 6.83. The second-order valence-electron chi connectivity index (χ2n) is 1.97. The Morgan fingerprint density at radius 3 is 2.33 bits per heavy atom. The zero-order chi connectivity index (χ0) is 7.11. The van der Waals surface area contributed by atoms with Crippen molar-refractivity contribution in [2.75, 3.05) is 5.88 Å². The molecular weight excluding hydrogens is 159 g/mol. The Labute approximate surface area is 66.0 Å². The quantitative estimate of drug-likeness (QED) is 0.497. The van der Waals surface area contributed by atoms with Gasteiger partial charge >= 0.3 is 0 Å². The van der Waals surface area contributed by atoms with E-state index in [1.54, 1.807) is 0 Å². The number of unbranched alkanes of at least 4 members (excludes halogenated alkanes) is 2. The molecule has 3 heteroatoms. The minimum atomic E-state index is -0.666. The Hall–Kier alpha value is 0.540. The van der Waals surface area contributed by atoms with Crippen LogP contribution in [0.5, 0.6) is 0 Å². The van der Waals surface area contributed by atoms with E-state index in [2.05, 4.69) is 0 Å². The van der Waals surface area contributed by atoms with Crippen LogP contribution in [0.3, 0.4) is 0 Å². The van der Waals surface area contributed by atoms with Gasteiger partial charge in [-0.3, -0.25) is 0 Å². The van der Waals surface area contributed by atoms with Gasteiger partial charge in [-0.05, 0) is 19.3 Å². The van der Waals surface area contributed by atoms with E-state index >= 15 is 0 Å². The van der Waals surface area contributed by atoms with Crippen molar-refractivity contribution in [3.05, 3.63) is 0 Å². The number of alkyl halides is 2. The maximum absolute atomic E-state index is 8.58. The lowest BCUT2D eigenvalue weighted by Crippen LogP contribution is -1.94. The van der Waals surface area contributed by atoms with Gasteiger partial charge in [0.15, 0.2) is 0 Å². The Bertz CT molecular complexity index is 57.0. The van der Waals surface area contributed by atoms with Crippen LogP contribution in [-0.4, -0.2) is 16.5 Å². The highest BCUT2D eigenvalue weighted by Gasteiger charge is 1.95. The van der Waals surface area contributed by atoms with Gasteiger partial charge in [0.1, 0.15) is 5.56 Å². The summed E-state index contributed by atoms with van der Waals surface area (Å²) in [6.07, 6.45) is 3.73. The van der Waals surface area contributed by atoms with Gasteiger partial charge in [-0.2, -0.15) is 0 Å². The predicted molar refractivity (Wildman–Crippen MR) is 41.0 cm³/mol. The topological polar surface area (TPSA) is 20.2 Å². The SMILES string of the molecule is OC(Cl)CCCCCCl. The first kappa shape index (κ1) is 9.54. The highest BCUT2D eigenvalue weighted by molar-refractivity contribution is 6.19. The summed E-state index contributed by atoms with van der Waals surface area (Å²) in [6, 6.07) is 0. The van der Waals surface area contributed by atoms with Crippen LogP contribution in [0.25, 0.3) is 0 Å². The van der Waals surface area contributed by atoms with Crippen molar-refractivity contribution in [3.8, 4) is 0 Å². The molecule has 0 saturated carbocycles. The van der Waals surface area contributed by atoms with E-state index in [0.29, 0.717) is 12.3 Å². The number of aliphatic hydroxyl groups is 1. The summed E-state index contributed by atoms with van der Waals surface area (Å²) < 4.78 is 0. The fourth-order valence-corrected chi connectivity index (χ4v) is 0.927. The number of hydrogen-bond donors (Lipinski definition) is 1. The van der Waals surface area contributed by atoms with E-state index < -0.39 is 5.56 Å². The molecule has 0 rings (SSSR count). The molecule has 0 spiro atoms. The minimum Gasteiger partial charge on any atom is -0.378 e. The maximum atomic E-state index is 8.58. The molecule has 0 aromatic heterocycles. The van der Waals surface area contributed by atoms with Crippen LogP contribution in [0.1, 0.15) is 25.7 Å². The second kappa shape index (κ2) is 6.66. The second-order valence-corrected chi connectivity index (χ2v) is 2.85. The average Bonchev–Trinajstić information content (AvgIpc) is 1.80. The summed E-state index contributed by atoms with van der Waals surface area (Å²) in [5.41, 5.74) is -0.666. The third kappa shape index (κ3) is 8.54. The Kier molecular flexibility index (Phi) is 7.06. The number of rotatable bonds is 5. The number of aliphatic hydroxyl groups excluding tert-OH is 1. The van der Waals surface area contributed by atoms with Crippen LogP contribution in [0.2, 0.25) is 0 Å². The van der Waals surface area contributed by atoms with Crippen molar-refractivity contribution in [2.45, 2.75) is 31.2 Å². The Morgan fingerprint density at radius 1 is 1.22 bits per heavy atom. The highest BCUT2D eigenvalue weighted by Crippen LogP contribution is 2.06. The van der Waals surface area contributed by atoms with Crippen molar-refractivity contribution in [1.29, 1.82) is 0 Å². The monoisotopic (exact) mass is 170 g/mol. The number of halogens is 2. The van der Waals surface area contributed by atoms with Crippen LogP contribution in [-0.2, 0) is 0 Å². The molecule has 0 fully saturated rings.